The van der Waals surface area contributed by atoms with Crippen LogP contribution in [0.2, 0.25) is 5.02 Å². The number of aryl methyl sites for hydroxylation is 1. The minimum absolute atomic E-state index is 0.543. The Labute approximate surface area is 77.7 Å². The second kappa shape index (κ2) is 4.04. The Balaban J connectivity index is 2.77. The molecule has 62 valence electrons. The van der Waals surface area contributed by atoms with Crippen molar-refractivity contribution in [2.24, 2.45) is 0 Å². The van der Waals surface area contributed by atoms with Gasteiger partial charge >= 0.3 is 0 Å². The SMILES string of the molecule is C#CCNc1ccc(Cl)c(C)c1. The van der Waals surface area contributed by atoms with E-state index >= 15 is 0 Å². The quantitative estimate of drug-likeness (QED) is 0.689. The van der Waals surface area contributed by atoms with E-state index in [4.69, 9.17) is 18.0 Å². The van der Waals surface area contributed by atoms with E-state index in [1.54, 1.807) is 0 Å². The lowest BCUT2D eigenvalue weighted by atomic mass is 10.2. The van der Waals surface area contributed by atoms with E-state index in [0.29, 0.717) is 6.54 Å². The number of hydrogen-bond acceptors (Lipinski definition) is 1. The number of hydrogen-bond donors (Lipinski definition) is 1. The standard InChI is InChI=1S/C10H10ClN/c1-3-6-12-9-4-5-10(11)8(2)7-9/h1,4-5,7,12H,6H2,2H3. The van der Waals surface area contributed by atoms with Crippen molar-refractivity contribution in [2.75, 3.05) is 11.9 Å². The summed E-state index contributed by atoms with van der Waals surface area (Å²) in [5, 5.41) is 3.85. The molecule has 1 aromatic rings. The predicted octanol–water partition coefficient (Wildman–Crippen LogP) is 2.69. The van der Waals surface area contributed by atoms with Crippen LogP contribution in [0.15, 0.2) is 18.2 Å². The number of terminal acetylenes is 1. The fourth-order valence-electron chi connectivity index (χ4n) is 0.908. The molecule has 0 atom stereocenters. The van der Waals surface area contributed by atoms with Crippen LogP contribution in [0.25, 0.3) is 0 Å². The Morgan fingerprint density at radius 1 is 1.58 bits per heavy atom. The van der Waals surface area contributed by atoms with Crippen molar-refractivity contribution in [2.45, 2.75) is 6.92 Å². The van der Waals surface area contributed by atoms with Gasteiger partial charge in [0, 0.05) is 10.7 Å². The summed E-state index contributed by atoms with van der Waals surface area (Å²) >= 11 is 5.85. The van der Waals surface area contributed by atoms with Gasteiger partial charge in [0.25, 0.3) is 0 Å². The summed E-state index contributed by atoms with van der Waals surface area (Å²) in [5.74, 6) is 2.51. The second-order valence-electron chi connectivity index (χ2n) is 2.52. The number of rotatable bonds is 2. The molecule has 0 amide bonds. The molecule has 1 rings (SSSR count). The normalized spacial score (nSPS) is 9.08. The lowest BCUT2D eigenvalue weighted by molar-refractivity contribution is 1.36. The number of anilines is 1. The average molecular weight is 180 g/mol. The fourth-order valence-corrected chi connectivity index (χ4v) is 1.03. The highest BCUT2D eigenvalue weighted by Gasteiger charge is 1.95. The highest BCUT2D eigenvalue weighted by atomic mass is 35.5. The van der Waals surface area contributed by atoms with Crippen molar-refractivity contribution < 1.29 is 0 Å². The molecule has 0 bridgehead atoms. The molecule has 0 heterocycles. The highest BCUT2D eigenvalue weighted by Crippen LogP contribution is 2.18. The summed E-state index contributed by atoms with van der Waals surface area (Å²) in [7, 11) is 0. The Kier molecular flexibility index (Phi) is 3.01. The van der Waals surface area contributed by atoms with E-state index in [9.17, 15) is 0 Å². The molecule has 0 saturated carbocycles. The van der Waals surface area contributed by atoms with Gasteiger partial charge in [-0.1, -0.05) is 17.5 Å². The Morgan fingerprint density at radius 3 is 2.92 bits per heavy atom. The van der Waals surface area contributed by atoms with E-state index in [1.165, 1.54) is 0 Å². The van der Waals surface area contributed by atoms with Gasteiger partial charge in [-0.3, -0.25) is 0 Å². The van der Waals surface area contributed by atoms with Gasteiger partial charge in [0.05, 0.1) is 6.54 Å². The van der Waals surface area contributed by atoms with Crippen LogP contribution in [-0.4, -0.2) is 6.54 Å². The Hall–Kier alpha value is -1.13. The van der Waals surface area contributed by atoms with Crippen LogP contribution in [0.3, 0.4) is 0 Å². The van der Waals surface area contributed by atoms with Crippen LogP contribution in [0.5, 0.6) is 0 Å². The first-order chi connectivity index (χ1) is 5.74. The van der Waals surface area contributed by atoms with Crippen LogP contribution < -0.4 is 5.32 Å². The molecule has 12 heavy (non-hydrogen) atoms. The first-order valence-corrected chi connectivity index (χ1v) is 4.05. The third-order valence-electron chi connectivity index (χ3n) is 1.55. The molecule has 1 aromatic carbocycles. The number of halogens is 1. The molecule has 0 aliphatic rings. The topological polar surface area (TPSA) is 12.0 Å². The zero-order chi connectivity index (χ0) is 8.97. The van der Waals surface area contributed by atoms with Crippen LogP contribution in [0, 0.1) is 19.3 Å². The van der Waals surface area contributed by atoms with Gasteiger partial charge in [-0.05, 0) is 30.7 Å². The van der Waals surface area contributed by atoms with Crippen LogP contribution in [0.4, 0.5) is 5.69 Å². The van der Waals surface area contributed by atoms with Gasteiger partial charge in [0.2, 0.25) is 0 Å². The van der Waals surface area contributed by atoms with E-state index in [2.05, 4.69) is 11.2 Å². The summed E-state index contributed by atoms with van der Waals surface area (Å²) in [6.07, 6.45) is 5.11. The monoisotopic (exact) mass is 179 g/mol. The molecule has 0 saturated heterocycles. The molecule has 0 aliphatic heterocycles. The van der Waals surface area contributed by atoms with Crippen molar-refractivity contribution in [3.63, 3.8) is 0 Å². The van der Waals surface area contributed by atoms with Crippen molar-refractivity contribution in [1.29, 1.82) is 0 Å². The first-order valence-electron chi connectivity index (χ1n) is 3.67. The smallest absolute Gasteiger partial charge is 0.0763 e. The third-order valence-corrected chi connectivity index (χ3v) is 1.98. The minimum atomic E-state index is 0.543. The molecule has 2 heteroatoms. The first kappa shape index (κ1) is 8.96. The van der Waals surface area contributed by atoms with Gasteiger partial charge < -0.3 is 5.32 Å². The molecule has 0 aliphatic carbocycles. The maximum atomic E-state index is 5.85. The number of nitrogens with one attached hydrogen (secondary N) is 1. The van der Waals surface area contributed by atoms with Gasteiger partial charge in [0.1, 0.15) is 0 Å². The molecule has 0 aromatic heterocycles. The van der Waals surface area contributed by atoms with Gasteiger partial charge in [-0.2, -0.15) is 0 Å². The maximum absolute atomic E-state index is 5.85. The largest absolute Gasteiger partial charge is 0.374 e. The highest BCUT2D eigenvalue weighted by molar-refractivity contribution is 6.31. The van der Waals surface area contributed by atoms with Crippen molar-refractivity contribution in [3.8, 4) is 12.3 Å². The van der Waals surface area contributed by atoms with Crippen molar-refractivity contribution in [1.82, 2.24) is 0 Å². The average Bonchev–Trinajstić information content (AvgIpc) is 2.07. The maximum Gasteiger partial charge on any atom is 0.0763 e. The van der Waals surface area contributed by atoms with E-state index in [-0.39, 0.29) is 0 Å². The summed E-state index contributed by atoms with van der Waals surface area (Å²) in [6.45, 7) is 2.50. The second-order valence-corrected chi connectivity index (χ2v) is 2.93. The molecule has 0 fully saturated rings. The molecule has 0 unspecified atom stereocenters. The molecular formula is C10H10ClN. The molecule has 1 N–H and O–H groups in total. The molecule has 1 nitrogen and oxygen atoms in total. The lowest BCUT2D eigenvalue weighted by Crippen LogP contribution is -1.97. The Bertz CT molecular complexity index is 312. The Morgan fingerprint density at radius 2 is 2.33 bits per heavy atom. The van der Waals surface area contributed by atoms with Crippen LogP contribution in [0.1, 0.15) is 5.56 Å². The molecular weight excluding hydrogens is 170 g/mol. The minimum Gasteiger partial charge on any atom is -0.374 e. The zero-order valence-electron chi connectivity index (χ0n) is 6.89. The van der Waals surface area contributed by atoms with Crippen LogP contribution in [-0.2, 0) is 0 Å². The third kappa shape index (κ3) is 2.18. The van der Waals surface area contributed by atoms with E-state index in [1.807, 2.05) is 25.1 Å². The van der Waals surface area contributed by atoms with Gasteiger partial charge in [-0.25, -0.2) is 0 Å². The summed E-state index contributed by atoms with van der Waals surface area (Å²) in [6, 6.07) is 5.74. The van der Waals surface area contributed by atoms with Crippen molar-refractivity contribution in [3.05, 3.63) is 28.8 Å². The number of benzene rings is 1. The fraction of sp³-hybridized carbons (Fsp3) is 0.200. The lowest BCUT2D eigenvalue weighted by Gasteiger charge is -2.04. The predicted molar refractivity (Wildman–Crippen MR) is 53.5 cm³/mol. The van der Waals surface area contributed by atoms with E-state index in [0.717, 1.165) is 16.3 Å². The summed E-state index contributed by atoms with van der Waals surface area (Å²) in [4.78, 5) is 0. The van der Waals surface area contributed by atoms with E-state index < -0.39 is 0 Å². The zero-order valence-corrected chi connectivity index (χ0v) is 7.65. The summed E-state index contributed by atoms with van der Waals surface area (Å²) < 4.78 is 0. The molecule has 0 radical (unpaired) electrons. The summed E-state index contributed by atoms with van der Waals surface area (Å²) in [5.41, 5.74) is 2.06. The van der Waals surface area contributed by atoms with Crippen molar-refractivity contribution >= 4 is 17.3 Å². The van der Waals surface area contributed by atoms with Crippen LogP contribution >= 0.6 is 11.6 Å². The molecule has 0 spiro atoms. The van der Waals surface area contributed by atoms with Gasteiger partial charge in [0.15, 0.2) is 0 Å². The van der Waals surface area contributed by atoms with Gasteiger partial charge in [-0.15, -0.1) is 6.42 Å².